The molecular formula is C11H18BrN3O2S. The van der Waals surface area contributed by atoms with Gasteiger partial charge in [0, 0.05) is 31.2 Å². The Kier molecular flexibility index (Phi) is 4.45. The van der Waals surface area contributed by atoms with E-state index in [1.165, 1.54) is 10.9 Å². The largest absolute Gasteiger partial charge is 0.274 e. The summed E-state index contributed by atoms with van der Waals surface area (Å²) in [4.78, 5) is 0.298. The Balaban J connectivity index is 2.27. The lowest BCUT2D eigenvalue weighted by Gasteiger charge is -2.34. The molecule has 0 radical (unpaired) electrons. The Labute approximate surface area is 116 Å². The standard InChI is InChI=1S/C11H18BrN3O2S/c1-14-9-11(8-13-14)18(16,17)15-7-3-2-4-10(15)5-6-12/h8-10H,2-7H2,1H3. The maximum atomic E-state index is 12.5. The number of rotatable bonds is 4. The third-order valence-electron chi connectivity index (χ3n) is 3.30. The highest BCUT2D eigenvalue weighted by Crippen LogP contribution is 2.27. The molecule has 1 aromatic rings. The summed E-state index contributed by atoms with van der Waals surface area (Å²) in [7, 11) is -1.66. The lowest BCUT2D eigenvalue weighted by molar-refractivity contribution is 0.248. The second-order valence-electron chi connectivity index (χ2n) is 4.59. The highest BCUT2D eigenvalue weighted by atomic mass is 79.9. The van der Waals surface area contributed by atoms with E-state index in [2.05, 4.69) is 21.0 Å². The molecule has 1 fully saturated rings. The van der Waals surface area contributed by atoms with Crippen molar-refractivity contribution < 1.29 is 8.42 Å². The summed E-state index contributed by atoms with van der Waals surface area (Å²) in [6.07, 6.45) is 6.85. The molecule has 1 atom stereocenters. The van der Waals surface area contributed by atoms with Crippen LogP contribution < -0.4 is 0 Å². The van der Waals surface area contributed by atoms with Crippen molar-refractivity contribution in [3.05, 3.63) is 12.4 Å². The van der Waals surface area contributed by atoms with Gasteiger partial charge in [-0.25, -0.2) is 8.42 Å². The number of aryl methyl sites for hydroxylation is 1. The van der Waals surface area contributed by atoms with Crippen LogP contribution in [0.15, 0.2) is 17.3 Å². The van der Waals surface area contributed by atoms with E-state index in [1.807, 2.05) is 0 Å². The highest BCUT2D eigenvalue weighted by molar-refractivity contribution is 9.09. The number of alkyl halides is 1. The molecule has 7 heteroatoms. The van der Waals surface area contributed by atoms with Crippen molar-refractivity contribution in [3.8, 4) is 0 Å². The topological polar surface area (TPSA) is 55.2 Å². The number of halogens is 1. The average Bonchev–Trinajstić information content (AvgIpc) is 2.78. The van der Waals surface area contributed by atoms with Crippen LogP contribution in [0.25, 0.3) is 0 Å². The molecule has 0 bridgehead atoms. The van der Waals surface area contributed by atoms with Gasteiger partial charge in [0.25, 0.3) is 0 Å². The third-order valence-corrected chi connectivity index (χ3v) is 5.67. The van der Waals surface area contributed by atoms with Crippen molar-refractivity contribution in [2.75, 3.05) is 11.9 Å². The molecule has 1 saturated heterocycles. The normalized spacial score (nSPS) is 22.2. The number of hydrogen-bond donors (Lipinski definition) is 0. The van der Waals surface area contributed by atoms with Crippen LogP contribution in [0.2, 0.25) is 0 Å². The van der Waals surface area contributed by atoms with Gasteiger partial charge < -0.3 is 0 Å². The fourth-order valence-electron chi connectivity index (χ4n) is 2.37. The predicted octanol–water partition coefficient (Wildman–Crippen LogP) is 1.75. The first-order chi connectivity index (χ1) is 8.55. The zero-order chi connectivity index (χ0) is 13.2. The molecule has 2 heterocycles. The van der Waals surface area contributed by atoms with Gasteiger partial charge in [0.1, 0.15) is 4.90 Å². The van der Waals surface area contributed by atoms with Crippen molar-refractivity contribution in [1.29, 1.82) is 0 Å². The van der Waals surface area contributed by atoms with Crippen LogP contribution >= 0.6 is 15.9 Å². The first-order valence-corrected chi connectivity index (χ1v) is 8.68. The van der Waals surface area contributed by atoms with Crippen molar-refractivity contribution in [2.24, 2.45) is 7.05 Å². The van der Waals surface area contributed by atoms with E-state index < -0.39 is 10.0 Å². The fraction of sp³-hybridized carbons (Fsp3) is 0.727. The number of piperidine rings is 1. The predicted molar refractivity (Wildman–Crippen MR) is 73.1 cm³/mol. The number of sulfonamides is 1. The van der Waals surface area contributed by atoms with Crippen molar-refractivity contribution in [1.82, 2.24) is 14.1 Å². The zero-order valence-corrected chi connectivity index (χ0v) is 12.8. The minimum Gasteiger partial charge on any atom is -0.274 e. The number of hydrogen-bond acceptors (Lipinski definition) is 3. The number of aromatic nitrogens is 2. The SMILES string of the molecule is Cn1cc(S(=O)(=O)N2CCCCC2CCBr)cn1. The molecular weight excluding hydrogens is 318 g/mol. The van der Waals surface area contributed by atoms with Gasteiger partial charge in [0.05, 0.1) is 6.20 Å². The Bertz CT molecular complexity index is 498. The molecule has 0 spiro atoms. The van der Waals surface area contributed by atoms with E-state index in [1.54, 1.807) is 17.5 Å². The minimum atomic E-state index is -3.38. The Morgan fingerprint density at radius 3 is 2.89 bits per heavy atom. The van der Waals surface area contributed by atoms with Crippen molar-refractivity contribution in [3.63, 3.8) is 0 Å². The monoisotopic (exact) mass is 335 g/mol. The molecule has 0 aliphatic carbocycles. The highest BCUT2D eigenvalue weighted by Gasteiger charge is 2.33. The van der Waals surface area contributed by atoms with Crippen LogP contribution in [0.4, 0.5) is 0 Å². The molecule has 0 amide bonds. The summed E-state index contributed by atoms with van der Waals surface area (Å²) in [6.45, 7) is 0.620. The lowest BCUT2D eigenvalue weighted by atomic mass is 10.0. The molecule has 0 N–H and O–H groups in total. The molecule has 0 saturated carbocycles. The fourth-order valence-corrected chi connectivity index (χ4v) is 4.61. The summed E-state index contributed by atoms with van der Waals surface area (Å²) in [5, 5.41) is 4.78. The summed E-state index contributed by atoms with van der Waals surface area (Å²) < 4.78 is 28.3. The first-order valence-electron chi connectivity index (χ1n) is 6.12. The molecule has 2 rings (SSSR count). The summed E-state index contributed by atoms with van der Waals surface area (Å²) in [6, 6.07) is 0.114. The van der Waals surface area contributed by atoms with E-state index in [0.29, 0.717) is 11.4 Å². The smallest absolute Gasteiger partial charge is 0.246 e. The Hall–Kier alpha value is -0.400. The second kappa shape index (κ2) is 5.71. The maximum absolute atomic E-state index is 12.5. The van der Waals surface area contributed by atoms with Gasteiger partial charge in [-0.2, -0.15) is 9.40 Å². The van der Waals surface area contributed by atoms with Crippen LogP contribution in [-0.2, 0) is 17.1 Å². The van der Waals surface area contributed by atoms with Crippen molar-refractivity contribution in [2.45, 2.75) is 36.6 Å². The average molecular weight is 336 g/mol. The number of nitrogens with zero attached hydrogens (tertiary/aromatic N) is 3. The van der Waals surface area contributed by atoms with Gasteiger partial charge in [-0.1, -0.05) is 22.4 Å². The molecule has 1 aromatic heterocycles. The van der Waals surface area contributed by atoms with Crippen LogP contribution in [0.5, 0.6) is 0 Å². The van der Waals surface area contributed by atoms with E-state index in [9.17, 15) is 8.42 Å². The second-order valence-corrected chi connectivity index (χ2v) is 7.28. The molecule has 1 aliphatic heterocycles. The summed E-state index contributed by atoms with van der Waals surface area (Å²) >= 11 is 3.40. The van der Waals surface area contributed by atoms with E-state index in [4.69, 9.17) is 0 Å². The molecule has 102 valence electrons. The molecule has 1 unspecified atom stereocenters. The summed E-state index contributed by atoms with van der Waals surface area (Å²) in [5.41, 5.74) is 0. The Morgan fingerprint density at radius 2 is 2.28 bits per heavy atom. The summed E-state index contributed by atoms with van der Waals surface area (Å²) in [5.74, 6) is 0. The van der Waals surface area contributed by atoms with Crippen LogP contribution in [0.3, 0.4) is 0 Å². The van der Waals surface area contributed by atoms with Crippen LogP contribution in [0.1, 0.15) is 25.7 Å². The molecule has 5 nitrogen and oxygen atoms in total. The minimum absolute atomic E-state index is 0.114. The molecule has 18 heavy (non-hydrogen) atoms. The Morgan fingerprint density at radius 1 is 1.50 bits per heavy atom. The third kappa shape index (κ3) is 2.78. The van der Waals surface area contributed by atoms with E-state index >= 15 is 0 Å². The zero-order valence-electron chi connectivity index (χ0n) is 10.4. The van der Waals surface area contributed by atoms with Gasteiger partial charge >= 0.3 is 0 Å². The molecule has 0 aromatic carbocycles. The first kappa shape index (κ1) is 14.0. The van der Waals surface area contributed by atoms with E-state index in [0.717, 1.165) is 31.0 Å². The van der Waals surface area contributed by atoms with E-state index in [-0.39, 0.29) is 6.04 Å². The van der Waals surface area contributed by atoms with Gasteiger partial charge in [0.2, 0.25) is 10.0 Å². The van der Waals surface area contributed by atoms with Gasteiger partial charge in [0.15, 0.2) is 0 Å². The quantitative estimate of drug-likeness (QED) is 0.787. The van der Waals surface area contributed by atoms with Gasteiger partial charge in [-0.05, 0) is 19.3 Å². The van der Waals surface area contributed by atoms with Crippen molar-refractivity contribution >= 4 is 26.0 Å². The molecule has 1 aliphatic rings. The van der Waals surface area contributed by atoms with Gasteiger partial charge in [-0.15, -0.1) is 0 Å². The van der Waals surface area contributed by atoms with Crippen LogP contribution in [-0.4, -0.2) is 40.4 Å². The maximum Gasteiger partial charge on any atom is 0.246 e. The lowest BCUT2D eigenvalue weighted by Crippen LogP contribution is -2.43. The van der Waals surface area contributed by atoms with Crippen LogP contribution in [0, 0.1) is 0 Å². The van der Waals surface area contributed by atoms with Gasteiger partial charge in [-0.3, -0.25) is 4.68 Å².